The van der Waals surface area contributed by atoms with Gasteiger partial charge in [0.15, 0.2) is 5.16 Å². The van der Waals surface area contributed by atoms with Crippen molar-refractivity contribution < 1.29 is 9.90 Å². The van der Waals surface area contributed by atoms with E-state index in [9.17, 15) is 9.90 Å². The Morgan fingerprint density at radius 3 is 2.45 bits per heavy atom. The molecule has 1 unspecified atom stereocenters. The topological polar surface area (TPSA) is 89.1 Å². The number of hydrogen-bond acceptors (Lipinski definition) is 5. The van der Waals surface area contributed by atoms with Gasteiger partial charge in [-0.25, -0.2) is 14.8 Å². The van der Waals surface area contributed by atoms with Gasteiger partial charge in [-0.2, -0.15) is 0 Å². The minimum absolute atomic E-state index is 0.162. The van der Waals surface area contributed by atoms with E-state index in [0.717, 1.165) is 5.56 Å². The first-order valence-electron chi connectivity index (χ1n) is 6.01. The van der Waals surface area contributed by atoms with Gasteiger partial charge in [-0.05, 0) is 18.1 Å². The Morgan fingerprint density at radius 2 is 1.90 bits per heavy atom. The normalized spacial score (nSPS) is 13.7. The summed E-state index contributed by atoms with van der Waals surface area (Å²) in [7, 11) is 0. The molecule has 0 aliphatic carbocycles. The number of aliphatic carboxylic acids is 1. The Morgan fingerprint density at radius 1 is 1.30 bits per heavy atom. The summed E-state index contributed by atoms with van der Waals surface area (Å²) in [6, 6.07) is 8.79. The minimum Gasteiger partial charge on any atom is -0.480 e. The maximum absolute atomic E-state index is 11.5. The van der Waals surface area contributed by atoms with Gasteiger partial charge in [0.2, 0.25) is 0 Å². The number of carboxylic acid groups (broad SMARTS) is 1. The van der Waals surface area contributed by atoms with Gasteiger partial charge in [-0.3, -0.25) is 0 Å². The molecule has 0 spiro atoms. The van der Waals surface area contributed by atoms with Gasteiger partial charge in [0.1, 0.15) is 5.54 Å². The van der Waals surface area contributed by atoms with Gasteiger partial charge in [0.05, 0.1) is 0 Å². The molecule has 5 nitrogen and oxygen atoms in total. The second kappa shape index (κ2) is 6.02. The van der Waals surface area contributed by atoms with Gasteiger partial charge in [-0.1, -0.05) is 42.1 Å². The number of carboxylic acids is 1. The Balaban J connectivity index is 2.18. The molecule has 0 saturated heterocycles. The molecular weight excluding hydrogens is 274 g/mol. The van der Waals surface area contributed by atoms with Crippen molar-refractivity contribution in [2.45, 2.75) is 17.6 Å². The van der Waals surface area contributed by atoms with Crippen molar-refractivity contribution >= 4 is 17.7 Å². The molecule has 104 valence electrons. The second-order valence-corrected chi connectivity index (χ2v) is 5.42. The van der Waals surface area contributed by atoms with Crippen LogP contribution >= 0.6 is 11.8 Å². The molecule has 1 aromatic carbocycles. The lowest BCUT2D eigenvalue weighted by Crippen LogP contribution is -2.47. The highest BCUT2D eigenvalue weighted by Gasteiger charge is 2.36. The van der Waals surface area contributed by atoms with Crippen molar-refractivity contribution in [1.82, 2.24) is 9.97 Å². The first-order chi connectivity index (χ1) is 9.52. The summed E-state index contributed by atoms with van der Waals surface area (Å²) in [5.41, 5.74) is 6.12. The van der Waals surface area contributed by atoms with E-state index in [4.69, 9.17) is 5.73 Å². The van der Waals surface area contributed by atoms with Crippen molar-refractivity contribution in [2.24, 2.45) is 5.73 Å². The molecule has 20 heavy (non-hydrogen) atoms. The van der Waals surface area contributed by atoms with Crippen LogP contribution in [0.4, 0.5) is 0 Å². The molecular formula is C14H15N3O2S. The fraction of sp³-hybridized carbons (Fsp3) is 0.214. The number of carbonyl (C=O) groups is 1. The SMILES string of the molecule is Cc1cnc(SCC(N)(C(=O)O)c2ccccc2)nc1. The average Bonchev–Trinajstić information content (AvgIpc) is 2.47. The largest absolute Gasteiger partial charge is 0.480 e. The van der Waals surface area contributed by atoms with E-state index in [1.165, 1.54) is 11.8 Å². The molecule has 0 fully saturated rings. The lowest BCUT2D eigenvalue weighted by atomic mass is 9.93. The summed E-state index contributed by atoms with van der Waals surface area (Å²) in [5.74, 6) is -0.904. The number of rotatable bonds is 5. The minimum atomic E-state index is -1.46. The molecule has 2 rings (SSSR count). The first-order valence-corrected chi connectivity index (χ1v) is 7.00. The summed E-state index contributed by atoms with van der Waals surface area (Å²) in [5, 5.41) is 9.95. The highest BCUT2D eigenvalue weighted by molar-refractivity contribution is 7.99. The third-order valence-electron chi connectivity index (χ3n) is 2.86. The lowest BCUT2D eigenvalue weighted by Gasteiger charge is -2.24. The zero-order valence-electron chi connectivity index (χ0n) is 11.0. The molecule has 0 amide bonds. The zero-order chi connectivity index (χ0) is 14.6. The number of aryl methyl sites for hydroxylation is 1. The second-order valence-electron chi connectivity index (χ2n) is 4.47. The highest BCUT2D eigenvalue weighted by Crippen LogP contribution is 2.26. The van der Waals surface area contributed by atoms with E-state index < -0.39 is 11.5 Å². The van der Waals surface area contributed by atoms with Gasteiger partial charge < -0.3 is 10.8 Å². The van der Waals surface area contributed by atoms with Gasteiger partial charge >= 0.3 is 5.97 Å². The van der Waals surface area contributed by atoms with Crippen LogP contribution in [0.1, 0.15) is 11.1 Å². The molecule has 0 saturated carbocycles. The number of hydrogen-bond donors (Lipinski definition) is 2. The van der Waals surface area contributed by atoms with Gasteiger partial charge in [-0.15, -0.1) is 0 Å². The molecule has 2 aromatic rings. The maximum atomic E-state index is 11.5. The fourth-order valence-electron chi connectivity index (χ4n) is 1.64. The van der Waals surface area contributed by atoms with Gasteiger partial charge in [0, 0.05) is 18.1 Å². The van der Waals surface area contributed by atoms with Crippen molar-refractivity contribution in [2.75, 3.05) is 5.75 Å². The Hall–Kier alpha value is -1.92. The van der Waals surface area contributed by atoms with Crippen molar-refractivity contribution in [3.05, 3.63) is 53.9 Å². The maximum Gasteiger partial charge on any atom is 0.329 e. The van der Waals surface area contributed by atoms with Crippen LogP contribution in [0.25, 0.3) is 0 Å². The van der Waals surface area contributed by atoms with Crippen LogP contribution in [0.5, 0.6) is 0 Å². The number of aromatic nitrogens is 2. The van der Waals surface area contributed by atoms with E-state index in [1.54, 1.807) is 36.7 Å². The van der Waals surface area contributed by atoms with Crippen LogP contribution < -0.4 is 5.73 Å². The molecule has 1 aromatic heterocycles. The predicted molar refractivity (Wildman–Crippen MR) is 77.4 cm³/mol. The van der Waals surface area contributed by atoms with Crippen LogP contribution in [0.3, 0.4) is 0 Å². The quantitative estimate of drug-likeness (QED) is 0.644. The van der Waals surface area contributed by atoms with E-state index in [2.05, 4.69) is 9.97 Å². The van der Waals surface area contributed by atoms with Crippen LogP contribution in [0, 0.1) is 6.92 Å². The molecule has 1 heterocycles. The van der Waals surface area contributed by atoms with Crippen LogP contribution in [0.2, 0.25) is 0 Å². The van der Waals surface area contributed by atoms with E-state index in [0.29, 0.717) is 10.7 Å². The third kappa shape index (κ3) is 3.15. The first kappa shape index (κ1) is 14.5. The molecule has 0 aliphatic heterocycles. The molecule has 3 N–H and O–H groups in total. The monoisotopic (exact) mass is 289 g/mol. The van der Waals surface area contributed by atoms with Crippen LogP contribution in [-0.2, 0) is 10.3 Å². The summed E-state index contributed by atoms with van der Waals surface area (Å²) in [6.07, 6.45) is 3.38. The number of thioether (sulfide) groups is 1. The summed E-state index contributed by atoms with van der Waals surface area (Å²) in [4.78, 5) is 19.8. The molecule has 1 atom stereocenters. The van der Waals surface area contributed by atoms with E-state index in [1.807, 2.05) is 13.0 Å². The Kier molecular flexibility index (Phi) is 4.36. The van der Waals surface area contributed by atoms with Gasteiger partial charge in [0.25, 0.3) is 0 Å². The summed E-state index contributed by atoms with van der Waals surface area (Å²) in [6.45, 7) is 1.89. The summed E-state index contributed by atoms with van der Waals surface area (Å²) >= 11 is 1.23. The standard InChI is InChI=1S/C14H15N3O2S/c1-10-7-16-13(17-8-10)20-9-14(15,12(18)19)11-5-3-2-4-6-11/h2-8H,9,15H2,1H3,(H,18,19). The number of benzene rings is 1. The predicted octanol–water partition coefficient (Wildman–Crippen LogP) is 1.82. The smallest absolute Gasteiger partial charge is 0.329 e. The van der Waals surface area contributed by atoms with Crippen molar-refractivity contribution in [3.63, 3.8) is 0 Å². The van der Waals surface area contributed by atoms with Crippen molar-refractivity contribution in [3.8, 4) is 0 Å². The summed E-state index contributed by atoms with van der Waals surface area (Å²) < 4.78 is 0. The molecule has 0 aliphatic rings. The lowest BCUT2D eigenvalue weighted by molar-refractivity contribution is -0.142. The Labute approximate surface area is 121 Å². The molecule has 0 radical (unpaired) electrons. The third-order valence-corrected chi connectivity index (χ3v) is 3.93. The van der Waals surface area contributed by atoms with Crippen LogP contribution in [0.15, 0.2) is 47.9 Å². The molecule has 0 bridgehead atoms. The van der Waals surface area contributed by atoms with Crippen molar-refractivity contribution in [1.29, 1.82) is 0 Å². The highest BCUT2D eigenvalue weighted by atomic mass is 32.2. The zero-order valence-corrected chi connectivity index (χ0v) is 11.8. The average molecular weight is 289 g/mol. The van der Waals surface area contributed by atoms with E-state index in [-0.39, 0.29) is 5.75 Å². The number of nitrogens with zero attached hydrogens (tertiary/aromatic N) is 2. The van der Waals surface area contributed by atoms with Crippen LogP contribution in [-0.4, -0.2) is 26.8 Å². The number of nitrogens with two attached hydrogens (primary N) is 1. The Bertz CT molecular complexity index is 589. The molecule has 6 heteroatoms. The van der Waals surface area contributed by atoms with E-state index >= 15 is 0 Å². The fourth-order valence-corrected chi connectivity index (χ4v) is 2.54.